The average molecular weight is 150 g/mol. The molecule has 1 heterocycles. The van der Waals surface area contributed by atoms with Crippen LogP contribution in [0.15, 0.2) is 0 Å². The second-order valence-electron chi connectivity index (χ2n) is 1.85. The Morgan fingerprint density at radius 2 is 2.10 bits per heavy atom. The Morgan fingerprint density at radius 1 is 1.50 bits per heavy atom. The summed E-state index contributed by atoms with van der Waals surface area (Å²) in [6, 6.07) is 0. The Morgan fingerprint density at radius 3 is 2.30 bits per heavy atom. The molecule has 10 heavy (non-hydrogen) atoms. The minimum Gasteiger partial charge on any atom is -0.279 e. The van der Waals surface area contributed by atoms with Crippen LogP contribution in [-0.2, 0) is 0 Å². The van der Waals surface area contributed by atoms with E-state index in [0.29, 0.717) is 0 Å². The van der Waals surface area contributed by atoms with Crippen LogP contribution >= 0.6 is 0 Å². The summed E-state index contributed by atoms with van der Waals surface area (Å²) in [7, 11) is 0. The molecule has 5 heteroatoms. The Balaban J connectivity index is 3.05. The van der Waals surface area contributed by atoms with Gasteiger partial charge in [-0.15, -0.1) is 0 Å². The first kappa shape index (κ1) is 7.11. The number of halogens is 3. The van der Waals surface area contributed by atoms with Gasteiger partial charge in [-0.05, 0) is 6.92 Å². The molecule has 0 fully saturated rings. The number of aromatic nitrogens is 2. The van der Waals surface area contributed by atoms with E-state index in [1.54, 1.807) is 0 Å². The number of rotatable bonds is 1. The first-order valence-electron chi connectivity index (χ1n) is 2.61. The maximum Gasteiger partial charge on any atom is 0.285 e. The van der Waals surface area contributed by atoms with E-state index in [1.807, 2.05) is 0 Å². The van der Waals surface area contributed by atoms with Gasteiger partial charge >= 0.3 is 0 Å². The second kappa shape index (κ2) is 2.32. The molecule has 0 bridgehead atoms. The van der Waals surface area contributed by atoms with Crippen LogP contribution in [0.1, 0.15) is 17.8 Å². The highest BCUT2D eigenvalue weighted by Crippen LogP contribution is 2.20. The highest BCUT2D eigenvalue weighted by molar-refractivity contribution is 5.11. The van der Waals surface area contributed by atoms with Gasteiger partial charge in [0.25, 0.3) is 6.43 Å². The molecule has 0 aliphatic carbocycles. The molecule has 0 aliphatic heterocycles. The van der Waals surface area contributed by atoms with E-state index in [9.17, 15) is 13.2 Å². The van der Waals surface area contributed by atoms with Crippen molar-refractivity contribution >= 4 is 0 Å². The van der Waals surface area contributed by atoms with Crippen LogP contribution < -0.4 is 0 Å². The van der Waals surface area contributed by atoms with Crippen LogP contribution in [0.5, 0.6) is 0 Å². The lowest BCUT2D eigenvalue weighted by molar-refractivity contribution is 0.141. The zero-order chi connectivity index (χ0) is 7.72. The van der Waals surface area contributed by atoms with Crippen molar-refractivity contribution in [1.82, 2.24) is 10.2 Å². The van der Waals surface area contributed by atoms with Crippen LogP contribution in [0.2, 0.25) is 0 Å². The van der Waals surface area contributed by atoms with Crippen LogP contribution in [0, 0.1) is 12.7 Å². The molecule has 0 amide bonds. The number of aryl methyl sites for hydroxylation is 1. The van der Waals surface area contributed by atoms with Gasteiger partial charge in [0.2, 0.25) is 0 Å². The molecule has 0 atom stereocenters. The number of hydrogen-bond donors (Lipinski definition) is 1. The minimum atomic E-state index is -2.84. The van der Waals surface area contributed by atoms with Gasteiger partial charge in [-0.3, -0.25) is 5.10 Å². The molecular weight excluding hydrogens is 145 g/mol. The standard InChI is InChI=1S/C5H5F3N2/c1-2-3(6)4(5(7)8)10-9-2/h5H,1H3,(H,9,10). The van der Waals surface area contributed by atoms with Crippen molar-refractivity contribution in [2.45, 2.75) is 13.3 Å². The Kier molecular flexibility index (Phi) is 1.65. The van der Waals surface area contributed by atoms with E-state index in [0.717, 1.165) is 0 Å². The fraction of sp³-hybridized carbons (Fsp3) is 0.400. The molecule has 0 aromatic carbocycles. The summed E-state index contributed by atoms with van der Waals surface area (Å²) in [6.07, 6.45) is -2.84. The van der Waals surface area contributed by atoms with E-state index in [2.05, 4.69) is 10.2 Å². The summed E-state index contributed by atoms with van der Waals surface area (Å²) in [5, 5.41) is 5.18. The summed E-state index contributed by atoms with van der Waals surface area (Å²) in [5.41, 5.74) is -0.771. The van der Waals surface area contributed by atoms with E-state index in [4.69, 9.17) is 0 Å². The molecule has 2 nitrogen and oxygen atoms in total. The van der Waals surface area contributed by atoms with E-state index in [-0.39, 0.29) is 5.69 Å². The number of nitrogens with one attached hydrogen (secondary N) is 1. The maximum absolute atomic E-state index is 12.4. The third-order valence-corrected chi connectivity index (χ3v) is 1.10. The fourth-order valence-corrected chi connectivity index (χ4v) is 0.579. The largest absolute Gasteiger partial charge is 0.285 e. The van der Waals surface area contributed by atoms with Crippen LogP contribution in [0.25, 0.3) is 0 Å². The van der Waals surface area contributed by atoms with Gasteiger partial charge < -0.3 is 0 Å². The number of H-pyrrole nitrogens is 1. The first-order valence-corrected chi connectivity index (χ1v) is 2.61. The Hall–Kier alpha value is -1.00. The lowest BCUT2D eigenvalue weighted by Gasteiger charge is -1.89. The van der Waals surface area contributed by atoms with Crippen molar-refractivity contribution in [2.24, 2.45) is 0 Å². The summed E-state index contributed by atoms with van der Waals surface area (Å²) >= 11 is 0. The number of hydrogen-bond acceptors (Lipinski definition) is 1. The quantitative estimate of drug-likeness (QED) is 0.649. The van der Waals surface area contributed by atoms with Gasteiger partial charge in [0.05, 0.1) is 5.69 Å². The van der Waals surface area contributed by atoms with Gasteiger partial charge in [-0.25, -0.2) is 13.2 Å². The Bertz CT molecular complexity index is 231. The monoisotopic (exact) mass is 150 g/mol. The third kappa shape index (κ3) is 0.984. The molecule has 0 saturated heterocycles. The average Bonchev–Trinajstić information content (AvgIpc) is 2.14. The lowest BCUT2D eigenvalue weighted by atomic mass is 10.3. The summed E-state index contributed by atoms with van der Waals surface area (Å²) < 4.78 is 35.9. The molecule has 1 N–H and O–H groups in total. The molecule has 0 aliphatic rings. The van der Waals surface area contributed by atoms with Gasteiger partial charge in [0.1, 0.15) is 0 Å². The molecule has 1 rings (SSSR count). The van der Waals surface area contributed by atoms with E-state index < -0.39 is 17.9 Å². The smallest absolute Gasteiger partial charge is 0.279 e. The molecule has 1 aromatic rings. The zero-order valence-electron chi connectivity index (χ0n) is 5.16. The molecule has 56 valence electrons. The SMILES string of the molecule is Cc1[nH]nc(C(F)F)c1F. The highest BCUT2D eigenvalue weighted by Gasteiger charge is 2.18. The van der Waals surface area contributed by atoms with Crippen LogP contribution in [0.3, 0.4) is 0 Å². The highest BCUT2D eigenvalue weighted by atomic mass is 19.3. The van der Waals surface area contributed by atoms with Gasteiger partial charge in [-0.2, -0.15) is 5.10 Å². The third-order valence-electron chi connectivity index (χ3n) is 1.10. The number of aromatic amines is 1. The van der Waals surface area contributed by atoms with Crippen LogP contribution in [0.4, 0.5) is 13.2 Å². The Labute approximate surface area is 55.1 Å². The van der Waals surface area contributed by atoms with Gasteiger partial charge in [0.15, 0.2) is 11.5 Å². The van der Waals surface area contributed by atoms with Crippen LogP contribution in [-0.4, -0.2) is 10.2 Å². The fourth-order valence-electron chi connectivity index (χ4n) is 0.579. The van der Waals surface area contributed by atoms with E-state index in [1.165, 1.54) is 6.92 Å². The number of alkyl halides is 2. The predicted octanol–water partition coefficient (Wildman–Crippen LogP) is 1.79. The van der Waals surface area contributed by atoms with Crippen molar-refractivity contribution in [3.63, 3.8) is 0 Å². The topological polar surface area (TPSA) is 28.7 Å². The normalized spacial score (nSPS) is 10.9. The summed E-state index contributed by atoms with van der Waals surface area (Å²) in [5.74, 6) is -0.949. The summed E-state index contributed by atoms with van der Waals surface area (Å²) in [6.45, 7) is 1.34. The number of nitrogens with zero attached hydrogens (tertiary/aromatic N) is 1. The first-order chi connectivity index (χ1) is 4.63. The summed E-state index contributed by atoms with van der Waals surface area (Å²) in [4.78, 5) is 0. The van der Waals surface area contributed by atoms with Crippen molar-refractivity contribution in [1.29, 1.82) is 0 Å². The van der Waals surface area contributed by atoms with Crippen molar-refractivity contribution < 1.29 is 13.2 Å². The molecule has 0 spiro atoms. The molecule has 0 saturated carbocycles. The van der Waals surface area contributed by atoms with Crippen molar-refractivity contribution in [3.05, 3.63) is 17.2 Å². The van der Waals surface area contributed by atoms with Gasteiger partial charge in [-0.1, -0.05) is 0 Å². The zero-order valence-corrected chi connectivity index (χ0v) is 5.16. The van der Waals surface area contributed by atoms with E-state index >= 15 is 0 Å². The molecule has 0 unspecified atom stereocenters. The second-order valence-corrected chi connectivity index (χ2v) is 1.85. The molecule has 0 radical (unpaired) electrons. The minimum absolute atomic E-state index is 0.0373. The van der Waals surface area contributed by atoms with Crippen molar-refractivity contribution in [3.8, 4) is 0 Å². The van der Waals surface area contributed by atoms with Crippen molar-refractivity contribution in [2.75, 3.05) is 0 Å². The lowest BCUT2D eigenvalue weighted by Crippen LogP contribution is -1.87. The molecular formula is C5H5F3N2. The molecule has 1 aromatic heterocycles. The maximum atomic E-state index is 12.4. The predicted molar refractivity (Wildman–Crippen MR) is 28.2 cm³/mol. The van der Waals surface area contributed by atoms with Gasteiger partial charge in [0, 0.05) is 0 Å².